The number of aryl methyl sites for hydroxylation is 1. The maximum absolute atomic E-state index is 12.4. The first-order valence-electron chi connectivity index (χ1n) is 7.52. The second kappa shape index (κ2) is 5.73. The molecule has 1 aromatic heterocycles. The summed E-state index contributed by atoms with van der Waals surface area (Å²) in [5.41, 5.74) is 3.89. The number of carbonyl (C=O) groups is 1. The molecular formula is C18H15N3O3. The van der Waals surface area contributed by atoms with E-state index in [2.05, 4.69) is 15.5 Å². The van der Waals surface area contributed by atoms with E-state index in [1.54, 1.807) is 24.3 Å². The van der Waals surface area contributed by atoms with E-state index in [1.165, 1.54) is 5.56 Å². The molecule has 1 amide bonds. The second-order valence-electron chi connectivity index (χ2n) is 5.56. The van der Waals surface area contributed by atoms with Crippen LogP contribution in [-0.2, 0) is 0 Å². The van der Waals surface area contributed by atoms with Crippen LogP contribution in [0.1, 0.15) is 16.1 Å². The number of aromatic amines is 1. The first-order chi connectivity index (χ1) is 11.7. The number of fused-ring (bicyclic) bond motifs is 1. The number of amides is 1. The molecule has 0 unspecified atom stereocenters. The van der Waals surface area contributed by atoms with Crippen LogP contribution in [0.5, 0.6) is 11.5 Å². The minimum atomic E-state index is -0.264. The maximum Gasteiger partial charge on any atom is 0.273 e. The molecule has 1 aliphatic heterocycles. The van der Waals surface area contributed by atoms with Gasteiger partial charge in [0, 0.05) is 17.3 Å². The molecule has 2 aromatic carbocycles. The summed E-state index contributed by atoms with van der Waals surface area (Å²) in [6.45, 7) is 2.23. The second-order valence-corrected chi connectivity index (χ2v) is 5.56. The highest BCUT2D eigenvalue weighted by molar-refractivity contribution is 6.03. The minimum absolute atomic E-state index is 0.202. The summed E-state index contributed by atoms with van der Waals surface area (Å²) >= 11 is 0. The summed E-state index contributed by atoms with van der Waals surface area (Å²) in [6, 6.07) is 15.0. The number of hydrogen-bond acceptors (Lipinski definition) is 4. The Morgan fingerprint density at radius 2 is 1.88 bits per heavy atom. The van der Waals surface area contributed by atoms with Gasteiger partial charge in [-0.1, -0.05) is 29.8 Å². The minimum Gasteiger partial charge on any atom is -0.454 e. The maximum atomic E-state index is 12.4. The van der Waals surface area contributed by atoms with Crippen molar-refractivity contribution in [2.75, 3.05) is 12.1 Å². The number of hydrogen-bond donors (Lipinski definition) is 2. The van der Waals surface area contributed by atoms with Gasteiger partial charge < -0.3 is 14.8 Å². The van der Waals surface area contributed by atoms with Gasteiger partial charge in [-0.25, -0.2) is 0 Å². The highest BCUT2D eigenvalue weighted by atomic mass is 16.7. The fourth-order valence-corrected chi connectivity index (χ4v) is 2.48. The van der Waals surface area contributed by atoms with Crippen LogP contribution >= 0.6 is 0 Å². The van der Waals surface area contributed by atoms with Crippen molar-refractivity contribution in [1.29, 1.82) is 0 Å². The van der Waals surface area contributed by atoms with Gasteiger partial charge in [0.15, 0.2) is 11.5 Å². The fourth-order valence-electron chi connectivity index (χ4n) is 2.48. The Balaban J connectivity index is 1.52. The van der Waals surface area contributed by atoms with E-state index >= 15 is 0 Å². The van der Waals surface area contributed by atoms with E-state index in [0.717, 1.165) is 11.3 Å². The molecule has 0 radical (unpaired) electrons. The lowest BCUT2D eigenvalue weighted by Gasteiger charge is -2.04. The van der Waals surface area contributed by atoms with Crippen molar-refractivity contribution >= 4 is 11.6 Å². The molecule has 2 N–H and O–H groups in total. The monoisotopic (exact) mass is 321 g/mol. The largest absolute Gasteiger partial charge is 0.454 e. The summed E-state index contributed by atoms with van der Waals surface area (Å²) in [4.78, 5) is 12.4. The molecule has 4 rings (SSSR count). The predicted octanol–water partition coefficient (Wildman–Crippen LogP) is 3.37. The van der Waals surface area contributed by atoms with Gasteiger partial charge in [0.2, 0.25) is 6.79 Å². The van der Waals surface area contributed by atoms with Gasteiger partial charge in [0.1, 0.15) is 5.69 Å². The van der Waals surface area contributed by atoms with Crippen LogP contribution in [0.2, 0.25) is 0 Å². The van der Waals surface area contributed by atoms with E-state index in [9.17, 15) is 4.79 Å². The Labute approximate surface area is 138 Å². The molecular weight excluding hydrogens is 306 g/mol. The Bertz CT molecular complexity index is 900. The smallest absolute Gasteiger partial charge is 0.273 e. The predicted molar refractivity (Wildman–Crippen MR) is 89.3 cm³/mol. The summed E-state index contributed by atoms with van der Waals surface area (Å²) in [7, 11) is 0. The van der Waals surface area contributed by atoms with Gasteiger partial charge >= 0.3 is 0 Å². The van der Waals surface area contributed by atoms with E-state index in [4.69, 9.17) is 9.47 Å². The number of carbonyl (C=O) groups excluding carboxylic acids is 1. The van der Waals surface area contributed by atoms with Crippen LogP contribution < -0.4 is 14.8 Å². The number of H-pyrrole nitrogens is 1. The third-order valence-electron chi connectivity index (χ3n) is 3.80. The van der Waals surface area contributed by atoms with Crippen molar-refractivity contribution < 1.29 is 14.3 Å². The highest BCUT2D eigenvalue weighted by Crippen LogP contribution is 2.34. The SMILES string of the molecule is Cc1ccc(-c2cc(C(=O)Nc3ccc4c(c3)OCO4)[nH]n2)cc1. The molecule has 120 valence electrons. The Morgan fingerprint density at radius 1 is 1.08 bits per heavy atom. The summed E-state index contributed by atoms with van der Waals surface area (Å²) in [5, 5.41) is 9.80. The van der Waals surface area contributed by atoms with Crippen molar-refractivity contribution in [2.24, 2.45) is 0 Å². The van der Waals surface area contributed by atoms with E-state index in [1.807, 2.05) is 31.2 Å². The molecule has 6 heteroatoms. The standard InChI is InChI=1S/C18H15N3O3/c1-11-2-4-12(5-3-11)14-9-15(21-20-14)18(22)19-13-6-7-16-17(8-13)24-10-23-16/h2-9H,10H2,1H3,(H,19,22)(H,20,21). The van der Waals surface area contributed by atoms with Crippen LogP contribution in [-0.4, -0.2) is 22.9 Å². The van der Waals surface area contributed by atoms with E-state index in [0.29, 0.717) is 22.9 Å². The van der Waals surface area contributed by atoms with Crippen molar-refractivity contribution in [1.82, 2.24) is 10.2 Å². The molecule has 0 fully saturated rings. The Morgan fingerprint density at radius 3 is 2.71 bits per heavy atom. The molecule has 0 bridgehead atoms. The first-order valence-corrected chi connectivity index (χ1v) is 7.52. The summed E-state index contributed by atoms with van der Waals surface area (Å²) in [6.07, 6.45) is 0. The van der Waals surface area contributed by atoms with Gasteiger partial charge in [-0.15, -0.1) is 0 Å². The molecule has 0 saturated carbocycles. The van der Waals surface area contributed by atoms with Crippen molar-refractivity contribution in [3.05, 3.63) is 59.8 Å². The topological polar surface area (TPSA) is 76.2 Å². The number of anilines is 1. The average Bonchev–Trinajstić information content (AvgIpc) is 3.24. The molecule has 2 heterocycles. The molecule has 3 aromatic rings. The van der Waals surface area contributed by atoms with Crippen LogP contribution in [0.15, 0.2) is 48.5 Å². The quantitative estimate of drug-likeness (QED) is 0.775. The van der Waals surface area contributed by atoms with Gasteiger partial charge in [-0.05, 0) is 25.1 Å². The van der Waals surface area contributed by atoms with Crippen LogP contribution in [0.4, 0.5) is 5.69 Å². The number of benzene rings is 2. The van der Waals surface area contributed by atoms with Gasteiger partial charge in [0.05, 0.1) is 5.69 Å². The zero-order chi connectivity index (χ0) is 16.5. The number of aromatic nitrogens is 2. The van der Waals surface area contributed by atoms with Crippen molar-refractivity contribution in [3.8, 4) is 22.8 Å². The lowest BCUT2D eigenvalue weighted by Crippen LogP contribution is -2.12. The number of rotatable bonds is 3. The molecule has 0 saturated heterocycles. The first kappa shape index (κ1) is 14.3. The zero-order valence-electron chi connectivity index (χ0n) is 13.0. The Hall–Kier alpha value is -3.28. The summed E-state index contributed by atoms with van der Waals surface area (Å²) in [5.74, 6) is 1.04. The van der Waals surface area contributed by atoms with Crippen LogP contribution in [0.3, 0.4) is 0 Å². The van der Waals surface area contributed by atoms with Crippen LogP contribution in [0.25, 0.3) is 11.3 Å². The van der Waals surface area contributed by atoms with Crippen molar-refractivity contribution in [3.63, 3.8) is 0 Å². The number of ether oxygens (including phenoxy) is 2. The molecule has 6 nitrogen and oxygen atoms in total. The molecule has 0 atom stereocenters. The lowest BCUT2D eigenvalue weighted by molar-refractivity contribution is 0.102. The van der Waals surface area contributed by atoms with E-state index in [-0.39, 0.29) is 12.7 Å². The van der Waals surface area contributed by atoms with Crippen molar-refractivity contribution in [2.45, 2.75) is 6.92 Å². The Kier molecular flexibility index (Phi) is 3.42. The fraction of sp³-hybridized carbons (Fsp3) is 0.111. The third kappa shape index (κ3) is 2.69. The molecule has 24 heavy (non-hydrogen) atoms. The normalized spacial score (nSPS) is 12.2. The third-order valence-corrected chi connectivity index (χ3v) is 3.80. The van der Waals surface area contributed by atoms with Crippen LogP contribution in [0, 0.1) is 6.92 Å². The van der Waals surface area contributed by atoms with Gasteiger partial charge in [0.25, 0.3) is 5.91 Å². The number of nitrogens with one attached hydrogen (secondary N) is 2. The molecule has 0 spiro atoms. The average molecular weight is 321 g/mol. The van der Waals surface area contributed by atoms with Gasteiger partial charge in [-0.2, -0.15) is 5.10 Å². The number of nitrogens with zero attached hydrogens (tertiary/aromatic N) is 1. The lowest BCUT2D eigenvalue weighted by atomic mass is 10.1. The summed E-state index contributed by atoms with van der Waals surface area (Å²) < 4.78 is 10.6. The van der Waals surface area contributed by atoms with Gasteiger partial charge in [-0.3, -0.25) is 9.89 Å². The molecule has 0 aliphatic carbocycles. The molecule has 1 aliphatic rings. The van der Waals surface area contributed by atoms with E-state index < -0.39 is 0 Å². The highest BCUT2D eigenvalue weighted by Gasteiger charge is 2.16. The zero-order valence-corrected chi connectivity index (χ0v) is 13.0.